The second-order valence-corrected chi connectivity index (χ2v) is 10.5. The number of nitrogens with one attached hydrogen (secondary N) is 2. The highest BCUT2D eigenvalue weighted by Gasteiger charge is 2.33. The molecule has 0 atom stereocenters. The summed E-state index contributed by atoms with van der Waals surface area (Å²) in [4.78, 5) is 34.4. The van der Waals surface area contributed by atoms with Crippen LogP contribution < -0.4 is 15.4 Å². The minimum atomic E-state index is -5.03. The number of benzene rings is 2. The maximum absolute atomic E-state index is 14.5. The summed E-state index contributed by atoms with van der Waals surface area (Å²) in [7, 11) is 1.95. The normalized spacial score (nSPS) is 16.8. The van der Waals surface area contributed by atoms with E-state index in [1.54, 1.807) is 0 Å². The van der Waals surface area contributed by atoms with Crippen molar-refractivity contribution in [3.05, 3.63) is 64.7 Å². The lowest BCUT2D eigenvalue weighted by Gasteiger charge is -2.31. The molecule has 8 nitrogen and oxygen atoms in total. The van der Waals surface area contributed by atoms with Crippen LogP contribution in [-0.2, 0) is 4.79 Å². The van der Waals surface area contributed by atoms with Gasteiger partial charge in [0.1, 0.15) is 11.6 Å². The lowest BCUT2D eigenvalue weighted by atomic mass is 10.1. The molecule has 220 valence electrons. The van der Waals surface area contributed by atoms with Gasteiger partial charge in [0, 0.05) is 42.2 Å². The Labute approximate surface area is 237 Å². The third kappa shape index (κ3) is 8.27. The molecule has 0 bridgehead atoms. The molecule has 2 aliphatic rings. The standard InChI is InChI=1S/C27H28F5N5O3S/c1-3-16-14-33-26(41-24(16)19-13-18(28)5-6-20(19)29)35-25(39)17-4-7-22(40-27(30,31)32)21(12-17)34-23(38)15-37-10-8-36(2)9-11-37/h4-7,12-13H,3,8-11,14-15H2,1-2H3,(H,34,38)(H,33,35,39). The first kappa shape index (κ1) is 30.5. The number of ether oxygens (including phenoxy) is 1. The van der Waals surface area contributed by atoms with Gasteiger partial charge in [0.2, 0.25) is 5.91 Å². The van der Waals surface area contributed by atoms with Gasteiger partial charge < -0.3 is 20.3 Å². The molecule has 2 aliphatic heterocycles. The molecular weight excluding hydrogens is 569 g/mol. The van der Waals surface area contributed by atoms with Crippen LogP contribution in [0.2, 0.25) is 0 Å². The van der Waals surface area contributed by atoms with E-state index in [2.05, 4.69) is 25.3 Å². The van der Waals surface area contributed by atoms with Crippen molar-refractivity contribution in [1.29, 1.82) is 0 Å². The lowest BCUT2D eigenvalue weighted by Crippen LogP contribution is -2.47. The zero-order chi connectivity index (χ0) is 29.7. The molecule has 2 N–H and O–H groups in total. The van der Waals surface area contributed by atoms with E-state index >= 15 is 0 Å². The largest absolute Gasteiger partial charge is 0.573 e. The fourth-order valence-corrected chi connectivity index (χ4v) is 5.33. The van der Waals surface area contributed by atoms with Gasteiger partial charge >= 0.3 is 6.36 Å². The molecule has 2 aromatic carbocycles. The Balaban J connectivity index is 1.50. The highest BCUT2D eigenvalue weighted by molar-refractivity contribution is 8.21. The molecule has 41 heavy (non-hydrogen) atoms. The second-order valence-electron chi connectivity index (χ2n) is 9.47. The van der Waals surface area contributed by atoms with Crippen LogP contribution in [0.3, 0.4) is 0 Å². The number of alkyl halides is 3. The summed E-state index contributed by atoms with van der Waals surface area (Å²) in [6.07, 6.45) is -4.51. The maximum Gasteiger partial charge on any atom is 0.573 e. The van der Waals surface area contributed by atoms with E-state index in [1.807, 2.05) is 18.9 Å². The van der Waals surface area contributed by atoms with Crippen molar-refractivity contribution in [2.45, 2.75) is 19.7 Å². The number of hydrogen-bond donors (Lipinski definition) is 2. The number of thioether (sulfide) groups is 1. The average Bonchev–Trinajstić information content (AvgIpc) is 2.91. The Kier molecular flexibility index (Phi) is 9.66. The highest BCUT2D eigenvalue weighted by atomic mass is 32.2. The first-order chi connectivity index (χ1) is 19.4. The summed E-state index contributed by atoms with van der Waals surface area (Å²) in [5, 5.41) is 5.09. The number of halogens is 5. The molecule has 0 saturated carbocycles. The van der Waals surface area contributed by atoms with Gasteiger partial charge in [0.05, 0.1) is 18.8 Å². The van der Waals surface area contributed by atoms with E-state index in [1.165, 1.54) is 0 Å². The van der Waals surface area contributed by atoms with Crippen molar-refractivity contribution in [3.8, 4) is 5.75 Å². The fraction of sp³-hybridized carbons (Fsp3) is 0.370. The van der Waals surface area contributed by atoms with Crippen molar-refractivity contribution in [2.24, 2.45) is 4.99 Å². The summed E-state index contributed by atoms with van der Waals surface area (Å²) in [5.74, 6) is -3.23. The molecule has 0 spiro atoms. The van der Waals surface area contributed by atoms with Gasteiger partial charge in [0.25, 0.3) is 5.91 Å². The number of likely N-dealkylation sites (N-methyl/N-ethyl adjacent to an activating group) is 1. The van der Waals surface area contributed by atoms with Crippen molar-refractivity contribution < 1.29 is 36.3 Å². The third-order valence-electron chi connectivity index (χ3n) is 6.46. The Hall–Kier alpha value is -3.49. The summed E-state index contributed by atoms with van der Waals surface area (Å²) >= 11 is 0.947. The number of piperazine rings is 1. The topological polar surface area (TPSA) is 86.3 Å². The van der Waals surface area contributed by atoms with Crippen LogP contribution >= 0.6 is 11.8 Å². The monoisotopic (exact) mass is 597 g/mol. The van der Waals surface area contributed by atoms with Crippen LogP contribution in [-0.4, -0.2) is 79.5 Å². The van der Waals surface area contributed by atoms with Crippen LogP contribution in [0.25, 0.3) is 4.91 Å². The average molecular weight is 598 g/mol. The van der Waals surface area contributed by atoms with E-state index in [9.17, 15) is 31.5 Å². The first-order valence-corrected chi connectivity index (χ1v) is 13.5. The highest BCUT2D eigenvalue weighted by Crippen LogP contribution is 2.38. The number of amides is 2. The van der Waals surface area contributed by atoms with E-state index in [0.717, 1.165) is 66.8 Å². The van der Waals surface area contributed by atoms with E-state index in [4.69, 9.17) is 0 Å². The van der Waals surface area contributed by atoms with Gasteiger partial charge in [-0.05, 0) is 55.4 Å². The molecule has 0 unspecified atom stereocenters. The zero-order valence-corrected chi connectivity index (χ0v) is 23.1. The maximum atomic E-state index is 14.5. The molecule has 2 aromatic rings. The van der Waals surface area contributed by atoms with E-state index in [0.29, 0.717) is 24.4 Å². The fourth-order valence-electron chi connectivity index (χ4n) is 4.25. The predicted molar refractivity (Wildman–Crippen MR) is 147 cm³/mol. The number of nitrogens with zero attached hydrogens (tertiary/aromatic N) is 3. The molecule has 14 heteroatoms. The van der Waals surface area contributed by atoms with Crippen LogP contribution in [0, 0.1) is 11.6 Å². The minimum Gasteiger partial charge on any atom is -0.404 e. The quantitative estimate of drug-likeness (QED) is 0.450. The van der Waals surface area contributed by atoms with Crippen molar-refractivity contribution in [2.75, 3.05) is 51.6 Å². The SMILES string of the molecule is CCC1=C(c2cc(F)ccc2F)SC(NC(=O)c2ccc(OC(F)(F)F)c(NC(=O)CN3CCN(C)CC3)c2)=NC1. The lowest BCUT2D eigenvalue weighted by molar-refractivity contribution is -0.274. The zero-order valence-electron chi connectivity index (χ0n) is 22.3. The Morgan fingerprint density at radius 1 is 1.05 bits per heavy atom. The van der Waals surface area contributed by atoms with Crippen molar-refractivity contribution in [3.63, 3.8) is 0 Å². The molecule has 1 fully saturated rings. The van der Waals surface area contributed by atoms with Crippen molar-refractivity contribution >= 4 is 39.3 Å². The van der Waals surface area contributed by atoms with Crippen LogP contribution in [0.15, 0.2) is 47.0 Å². The van der Waals surface area contributed by atoms with Gasteiger partial charge in [-0.25, -0.2) is 8.78 Å². The predicted octanol–water partition coefficient (Wildman–Crippen LogP) is 4.70. The van der Waals surface area contributed by atoms with Gasteiger partial charge in [-0.3, -0.25) is 19.5 Å². The van der Waals surface area contributed by atoms with Crippen LogP contribution in [0.5, 0.6) is 5.75 Å². The molecule has 4 rings (SSSR count). The molecule has 0 aliphatic carbocycles. The second kappa shape index (κ2) is 13.0. The Bertz CT molecular complexity index is 1370. The number of carbonyl (C=O) groups excluding carboxylic acids is 2. The van der Waals surface area contributed by atoms with Crippen LogP contribution in [0.4, 0.5) is 27.6 Å². The van der Waals surface area contributed by atoms with E-state index < -0.39 is 35.6 Å². The van der Waals surface area contributed by atoms with Gasteiger partial charge in [-0.15, -0.1) is 13.2 Å². The molecular formula is C27H28F5N5O3S. The summed E-state index contributed by atoms with van der Waals surface area (Å²) in [6, 6.07) is 6.21. The number of hydrogen-bond acceptors (Lipinski definition) is 7. The Morgan fingerprint density at radius 3 is 2.46 bits per heavy atom. The number of aliphatic imine (C=N–C) groups is 1. The first-order valence-electron chi connectivity index (χ1n) is 12.7. The van der Waals surface area contributed by atoms with Gasteiger partial charge in [0.15, 0.2) is 10.9 Å². The minimum absolute atomic E-state index is 0.0347. The molecule has 0 radical (unpaired) electrons. The van der Waals surface area contributed by atoms with Gasteiger partial charge in [-0.2, -0.15) is 0 Å². The van der Waals surface area contributed by atoms with Crippen molar-refractivity contribution in [1.82, 2.24) is 15.1 Å². The number of amidine groups is 1. The number of carbonyl (C=O) groups is 2. The number of rotatable bonds is 7. The smallest absolute Gasteiger partial charge is 0.404 e. The van der Waals surface area contributed by atoms with Crippen LogP contribution in [0.1, 0.15) is 29.3 Å². The van der Waals surface area contributed by atoms with E-state index in [-0.39, 0.29) is 35.1 Å². The molecule has 2 heterocycles. The molecule has 1 saturated heterocycles. The molecule has 0 aromatic heterocycles. The summed E-state index contributed by atoms with van der Waals surface area (Å²) in [6.45, 7) is 4.66. The number of anilines is 1. The third-order valence-corrected chi connectivity index (χ3v) is 7.60. The summed E-state index contributed by atoms with van der Waals surface area (Å²) < 4.78 is 71.5. The molecule has 2 amide bonds. The Morgan fingerprint density at radius 2 is 1.78 bits per heavy atom. The summed E-state index contributed by atoms with van der Waals surface area (Å²) in [5.41, 5.74) is 0.369. The van der Waals surface area contributed by atoms with Gasteiger partial charge in [-0.1, -0.05) is 18.7 Å².